The third kappa shape index (κ3) is 3.89. The van der Waals surface area contributed by atoms with E-state index in [0.717, 1.165) is 68.0 Å². The maximum atomic E-state index is 13.9. The third-order valence-electron chi connectivity index (χ3n) is 6.55. The minimum atomic E-state index is 0.0614. The van der Waals surface area contributed by atoms with Gasteiger partial charge in [0.15, 0.2) is 5.17 Å². The summed E-state index contributed by atoms with van der Waals surface area (Å²) in [6, 6.07) is 16.0. The molecule has 2 aliphatic heterocycles. The van der Waals surface area contributed by atoms with Crippen LogP contribution in [0.15, 0.2) is 74.5 Å². The van der Waals surface area contributed by atoms with Crippen LogP contribution in [0.4, 0.5) is 11.4 Å². The Morgan fingerprint density at radius 2 is 1.91 bits per heavy atom. The fourth-order valence-electron chi connectivity index (χ4n) is 4.82. The van der Waals surface area contributed by atoms with E-state index in [0.29, 0.717) is 5.02 Å². The first-order valence-corrected chi connectivity index (χ1v) is 13.5. The average Bonchev–Trinajstić information content (AvgIpc) is 3.35. The topological polar surface area (TPSA) is 48.8 Å². The second-order valence-corrected chi connectivity index (χ2v) is 11.2. The van der Waals surface area contributed by atoms with Crippen molar-refractivity contribution >= 4 is 68.5 Å². The van der Waals surface area contributed by atoms with Gasteiger partial charge >= 0.3 is 0 Å². The van der Waals surface area contributed by atoms with Crippen LogP contribution in [0.25, 0.3) is 10.9 Å². The van der Waals surface area contributed by atoms with Crippen LogP contribution in [0.3, 0.4) is 0 Å². The number of fused-ring (bicyclic) bond motifs is 2. The van der Waals surface area contributed by atoms with Crippen LogP contribution in [0.1, 0.15) is 32.1 Å². The number of carbonyl (C=O) groups excluding carboxylic acids is 1. The van der Waals surface area contributed by atoms with E-state index in [1.165, 1.54) is 18.2 Å². The number of benzene rings is 2. The van der Waals surface area contributed by atoms with Gasteiger partial charge in [0.05, 0.1) is 21.9 Å². The zero-order valence-electron chi connectivity index (χ0n) is 18.7. The van der Waals surface area contributed by atoms with Crippen molar-refractivity contribution in [1.29, 1.82) is 0 Å². The molecule has 5 nitrogen and oxygen atoms in total. The zero-order valence-corrected chi connectivity index (χ0v) is 21.1. The quantitative estimate of drug-likeness (QED) is 0.344. The van der Waals surface area contributed by atoms with E-state index in [-0.39, 0.29) is 11.9 Å². The van der Waals surface area contributed by atoms with Gasteiger partial charge in [-0.05, 0) is 67.1 Å². The summed E-state index contributed by atoms with van der Waals surface area (Å²) in [4.78, 5) is 29.2. The van der Waals surface area contributed by atoms with Crippen molar-refractivity contribution < 1.29 is 4.79 Å². The normalized spacial score (nSPS) is 22.3. The Labute approximate surface area is 212 Å². The number of hydrogen-bond acceptors (Lipinski definition) is 6. The molecule has 3 aromatic rings. The van der Waals surface area contributed by atoms with Crippen molar-refractivity contribution in [3.63, 3.8) is 0 Å². The average molecular weight is 507 g/mol. The highest BCUT2D eigenvalue weighted by molar-refractivity contribution is 8.19. The van der Waals surface area contributed by atoms with Gasteiger partial charge in [0.2, 0.25) is 0 Å². The van der Waals surface area contributed by atoms with E-state index < -0.39 is 0 Å². The van der Waals surface area contributed by atoms with Gasteiger partial charge in [-0.3, -0.25) is 14.7 Å². The highest BCUT2D eigenvalue weighted by Gasteiger charge is 2.42. The lowest BCUT2D eigenvalue weighted by atomic mass is 9.94. The molecule has 34 heavy (non-hydrogen) atoms. The Balaban J connectivity index is 1.42. The van der Waals surface area contributed by atoms with Crippen LogP contribution in [-0.2, 0) is 4.79 Å². The number of hydrogen-bond donors (Lipinski definition) is 0. The lowest BCUT2D eigenvalue weighted by Gasteiger charge is -2.30. The van der Waals surface area contributed by atoms with Crippen LogP contribution in [0, 0.1) is 0 Å². The molecule has 3 heterocycles. The minimum Gasteiger partial charge on any atom is -0.337 e. The predicted octanol–water partition coefficient (Wildman–Crippen LogP) is 7.20. The lowest BCUT2D eigenvalue weighted by Crippen LogP contribution is -2.40. The molecule has 1 amide bonds. The first kappa shape index (κ1) is 22.0. The highest BCUT2D eigenvalue weighted by atomic mass is 35.5. The highest BCUT2D eigenvalue weighted by Crippen LogP contribution is 2.51. The Kier molecular flexibility index (Phi) is 5.79. The number of anilines is 1. The van der Waals surface area contributed by atoms with E-state index in [1.807, 2.05) is 60.5 Å². The van der Waals surface area contributed by atoms with Gasteiger partial charge in [-0.25, -0.2) is 4.99 Å². The Bertz CT molecular complexity index is 1370. The number of amides is 1. The maximum absolute atomic E-state index is 13.9. The summed E-state index contributed by atoms with van der Waals surface area (Å²) in [5, 5.41) is 3.45. The molecule has 0 radical (unpaired) electrons. The van der Waals surface area contributed by atoms with Gasteiger partial charge in [0.25, 0.3) is 5.91 Å². The number of aliphatic imine (C=N–C) groups is 1. The van der Waals surface area contributed by atoms with Gasteiger partial charge in [0, 0.05) is 34.6 Å². The predicted molar refractivity (Wildman–Crippen MR) is 143 cm³/mol. The van der Waals surface area contributed by atoms with Crippen molar-refractivity contribution in [2.75, 3.05) is 11.9 Å². The molecule has 8 heteroatoms. The van der Waals surface area contributed by atoms with Crippen molar-refractivity contribution in [3.8, 4) is 0 Å². The molecule has 0 bridgehead atoms. The second-order valence-electron chi connectivity index (χ2n) is 8.75. The molecule has 0 unspecified atom stereocenters. The van der Waals surface area contributed by atoms with Crippen molar-refractivity contribution in [2.24, 2.45) is 4.99 Å². The largest absolute Gasteiger partial charge is 0.337 e. The summed E-state index contributed by atoms with van der Waals surface area (Å²) in [6.07, 6.45) is 7.38. The minimum absolute atomic E-state index is 0.0614. The van der Waals surface area contributed by atoms with Gasteiger partial charge < -0.3 is 4.90 Å². The van der Waals surface area contributed by atoms with Gasteiger partial charge in [0.1, 0.15) is 4.91 Å². The Morgan fingerprint density at radius 1 is 1.06 bits per heavy atom. The maximum Gasteiger partial charge on any atom is 0.269 e. The number of nitrogens with zero attached hydrogens (tertiary/aromatic N) is 4. The lowest BCUT2D eigenvalue weighted by molar-refractivity contribution is -0.124. The smallest absolute Gasteiger partial charge is 0.269 e. The van der Waals surface area contributed by atoms with Gasteiger partial charge in [-0.1, -0.05) is 48.7 Å². The molecular weight excluding hydrogens is 484 g/mol. The van der Waals surface area contributed by atoms with Crippen LogP contribution < -0.4 is 4.90 Å². The number of thioether (sulfide) groups is 2. The fraction of sp³-hybridized carbons (Fsp3) is 0.269. The molecule has 0 N–H and O–H groups in total. The van der Waals surface area contributed by atoms with Gasteiger partial charge in [-0.15, -0.1) is 0 Å². The monoisotopic (exact) mass is 506 g/mol. The molecule has 3 aliphatic rings. The second kappa shape index (κ2) is 8.95. The molecule has 2 aromatic carbocycles. The number of carbonyl (C=O) groups is 1. The molecular formula is C26H23ClN4OS2. The molecule has 172 valence electrons. The third-order valence-corrected chi connectivity index (χ3v) is 9.19. The van der Waals surface area contributed by atoms with Crippen LogP contribution in [0.2, 0.25) is 5.02 Å². The fourth-order valence-corrected chi connectivity index (χ4v) is 7.37. The summed E-state index contributed by atoms with van der Waals surface area (Å²) < 4.78 is 0. The zero-order chi connectivity index (χ0) is 23.2. The van der Waals surface area contributed by atoms with Crippen LogP contribution >= 0.6 is 35.1 Å². The molecule has 1 aromatic heterocycles. The molecule has 1 saturated carbocycles. The van der Waals surface area contributed by atoms with Gasteiger partial charge in [-0.2, -0.15) is 0 Å². The molecule has 1 aliphatic carbocycles. The molecule has 0 spiro atoms. The summed E-state index contributed by atoms with van der Waals surface area (Å²) in [5.74, 6) is 0.0614. The molecule has 1 saturated heterocycles. The first-order valence-electron chi connectivity index (χ1n) is 11.5. The molecule has 0 atom stereocenters. The Hall–Kier alpha value is -2.48. The SMILES string of the molecule is CN1/C(=C2/SC(=Nc3ccc4ncccc4c3)N(C3CCCCC3)C2=O)Sc2ccc(Cl)cc21. The van der Waals surface area contributed by atoms with Crippen molar-refractivity contribution in [1.82, 2.24) is 9.88 Å². The Morgan fingerprint density at radius 3 is 2.76 bits per heavy atom. The summed E-state index contributed by atoms with van der Waals surface area (Å²) in [6.45, 7) is 0. The number of rotatable bonds is 2. The van der Waals surface area contributed by atoms with E-state index in [9.17, 15) is 4.79 Å². The number of halogens is 1. The first-order chi connectivity index (χ1) is 16.6. The standard InChI is InChI=1S/C26H23ClN4OS2/c1-30-21-15-17(27)9-12-22(21)33-25(30)23-24(32)31(19-7-3-2-4-8-19)26(34-23)29-18-10-11-20-16(14-18)6-5-13-28-20/h5-6,9-15,19H,2-4,7-8H2,1H3/b25-23-,29-26?. The van der Waals surface area contributed by atoms with Crippen molar-refractivity contribution in [2.45, 2.75) is 43.0 Å². The van der Waals surface area contributed by atoms with E-state index in [4.69, 9.17) is 16.6 Å². The van der Waals surface area contributed by atoms with E-state index >= 15 is 0 Å². The van der Waals surface area contributed by atoms with Crippen LogP contribution in [0.5, 0.6) is 0 Å². The van der Waals surface area contributed by atoms with E-state index in [1.54, 1.807) is 18.0 Å². The summed E-state index contributed by atoms with van der Waals surface area (Å²) >= 11 is 9.37. The summed E-state index contributed by atoms with van der Waals surface area (Å²) in [5.41, 5.74) is 2.81. The molecule has 6 rings (SSSR count). The van der Waals surface area contributed by atoms with E-state index in [2.05, 4.69) is 9.88 Å². The van der Waals surface area contributed by atoms with Crippen molar-refractivity contribution in [3.05, 3.63) is 69.7 Å². The van der Waals surface area contributed by atoms with Crippen LogP contribution in [-0.4, -0.2) is 34.0 Å². The number of aromatic nitrogens is 1. The molecule has 2 fully saturated rings. The number of amidine groups is 1. The summed E-state index contributed by atoms with van der Waals surface area (Å²) in [7, 11) is 2.00. The number of pyridine rings is 1.